The van der Waals surface area contributed by atoms with Gasteiger partial charge >= 0.3 is 0 Å². The number of hydrogen-bond donors (Lipinski definition) is 2. The number of piperidine rings is 1. The Labute approximate surface area is 126 Å². The lowest BCUT2D eigenvalue weighted by Gasteiger charge is -2.28. The highest BCUT2D eigenvalue weighted by molar-refractivity contribution is 6.30. The molecule has 1 aromatic rings. The third kappa shape index (κ3) is 5.41. The van der Waals surface area contributed by atoms with Crippen molar-refractivity contribution in [3.8, 4) is 0 Å². The van der Waals surface area contributed by atoms with Gasteiger partial charge < -0.3 is 14.7 Å². The highest BCUT2D eigenvalue weighted by atomic mass is 35.5. The van der Waals surface area contributed by atoms with Gasteiger partial charge in [0.15, 0.2) is 0 Å². The first-order chi connectivity index (χ1) is 9.63. The monoisotopic (exact) mass is 298 g/mol. The van der Waals surface area contributed by atoms with Crippen molar-refractivity contribution in [2.45, 2.75) is 32.5 Å². The quantitative estimate of drug-likeness (QED) is 0.835. The molecule has 1 aromatic carbocycles. The molecule has 0 saturated carbocycles. The minimum absolute atomic E-state index is 0.370. The summed E-state index contributed by atoms with van der Waals surface area (Å²) in [5.41, 5.74) is 1.08. The Kier molecular flexibility index (Phi) is 6.30. The molecule has 0 aromatic heterocycles. The van der Waals surface area contributed by atoms with Crippen LogP contribution in [0.2, 0.25) is 5.02 Å². The summed E-state index contributed by atoms with van der Waals surface area (Å²) in [6, 6.07) is 7.61. The van der Waals surface area contributed by atoms with Crippen molar-refractivity contribution in [1.82, 2.24) is 0 Å². The average molecular weight is 299 g/mol. The number of rotatable bonds is 6. The summed E-state index contributed by atoms with van der Waals surface area (Å²) in [5.74, 6) is 0.844. The van der Waals surface area contributed by atoms with Gasteiger partial charge in [0.25, 0.3) is 0 Å². The van der Waals surface area contributed by atoms with E-state index in [1.807, 2.05) is 24.3 Å². The first-order valence-electron chi connectivity index (χ1n) is 7.47. The van der Waals surface area contributed by atoms with Crippen LogP contribution in [-0.2, 0) is 11.3 Å². The second-order valence-corrected chi connectivity index (χ2v) is 6.37. The summed E-state index contributed by atoms with van der Waals surface area (Å²) in [6.45, 7) is 6.39. The molecule has 1 saturated heterocycles. The van der Waals surface area contributed by atoms with E-state index < -0.39 is 0 Å². The Hall–Kier alpha value is -0.610. The zero-order valence-corrected chi connectivity index (χ0v) is 12.9. The fourth-order valence-corrected chi connectivity index (χ4v) is 2.79. The zero-order chi connectivity index (χ0) is 14.4. The third-order valence-corrected chi connectivity index (χ3v) is 4.25. The van der Waals surface area contributed by atoms with Crippen LogP contribution in [0.5, 0.6) is 0 Å². The summed E-state index contributed by atoms with van der Waals surface area (Å²) in [5, 5.41) is 10.8. The predicted octanol–water partition coefficient (Wildman–Crippen LogP) is 1.53. The highest BCUT2D eigenvalue weighted by Crippen LogP contribution is 2.10. The second kappa shape index (κ2) is 7.99. The van der Waals surface area contributed by atoms with Crippen LogP contribution in [0.15, 0.2) is 24.3 Å². The first kappa shape index (κ1) is 15.8. The molecule has 1 fully saturated rings. The van der Waals surface area contributed by atoms with Crippen LogP contribution in [0.25, 0.3) is 0 Å². The molecule has 112 valence electrons. The van der Waals surface area contributed by atoms with Crippen LogP contribution in [0.4, 0.5) is 0 Å². The van der Waals surface area contributed by atoms with Gasteiger partial charge in [-0.05, 0) is 36.5 Å². The summed E-state index contributed by atoms with van der Waals surface area (Å²) >= 11 is 5.83. The van der Waals surface area contributed by atoms with E-state index in [4.69, 9.17) is 16.3 Å². The minimum atomic E-state index is -0.370. The Bertz CT molecular complexity index is 388. The summed E-state index contributed by atoms with van der Waals surface area (Å²) in [4.78, 5) is 1.51. The smallest absolute Gasteiger partial charge is 0.126 e. The average Bonchev–Trinajstić information content (AvgIpc) is 2.44. The Morgan fingerprint density at radius 1 is 1.30 bits per heavy atom. The van der Waals surface area contributed by atoms with Crippen LogP contribution < -0.4 is 4.90 Å². The number of ether oxygens (including phenoxy) is 1. The van der Waals surface area contributed by atoms with E-state index in [1.165, 1.54) is 30.8 Å². The number of benzene rings is 1. The molecule has 1 unspecified atom stereocenters. The third-order valence-electron chi connectivity index (χ3n) is 4.00. The van der Waals surface area contributed by atoms with E-state index in [0.717, 1.165) is 23.0 Å². The molecule has 2 rings (SSSR count). The maximum atomic E-state index is 10.0. The van der Waals surface area contributed by atoms with Gasteiger partial charge in [-0.1, -0.05) is 30.7 Å². The minimum Gasteiger partial charge on any atom is -0.385 e. The van der Waals surface area contributed by atoms with Crippen LogP contribution in [-0.4, -0.2) is 37.5 Å². The first-order valence-corrected chi connectivity index (χ1v) is 7.85. The Morgan fingerprint density at radius 2 is 1.95 bits per heavy atom. The lowest BCUT2D eigenvalue weighted by Crippen LogP contribution is -3.14. The molecule has 1 aliphatic heterocycles. The summed E-state index contributed by atoms with van der Waals surface area (Å²) in [7, 11) is 0. The Balaban J connectivity index is 1.62. The van der Waals surface area contributed by atoms with Crippen molar-refractivity contribution in [3.05, 3.63) is 34.9 Å². The molecule has 3 nitrogen and oxygen atoms in total. The van der Waals surface area contributed by atoms with E-state index in [1.54, 1.807) is 0 Å². The van der Waals surface area contributed by atoms with E-state index >= 15 is 0 Å². The van der Waals surface area contributed by atoms with Gasteiger partial charge in [0.2, 0.25) is 0 Å². The van der Waals surface area contributed by atoms with Crippen molar-refractivity contribution in [3.63, 3.8) is 0 Å². The molecule has 1 atom stereocenters. The zero-order valence-electron chi connectivity index (χ0n) is 12.1. The molecular formula is C16H25ClNO2+. The molecule has 20 heavy (non-hydrogen) atoms. The van der Waals surface area contributed by atoms with Gasteiger partial charge in [-0.3, -0.25) is 0 Å². The largest absolute Gasteiger partial charge is 0.385 e. The van der Waals surface area contributed by atoms with Crippen molar-refractivity contribution in [2.75, 3.05) is 26.2 Å². The van der Waals surface area contributed by atoms with Gasteiger partial charge in [0.1, 0.15) is 12.6 Å². The summed E-state index contributed by atoms with van der Waals surface area (Å²) in [6.07, 6.45) is 2.17. The van der Waals surface area contributed by atoms with Crippen LogP contribution in [0.3, 0.4) is 0 Å². The molecule has 0 bridgehead atoms. The number of aliphatic hydroxyl groups is 1. The van der Waals surface area contributed by atoms with E-state index in [9.17, 15) is 5.11 Å². The fraction of sp³-hybridized carbons (Fsp3) is 0.625. The number of aliphatic hydroxyl groups excluding tert-OH is 1. The fourth-order valence-electron chi connectivity index (χ4n) is 2.66. The number of halogens is 1. The van der Waals surface area contributed by atoms with Gasteiger partial charge in [-0.25, -0.2) is 0 Å². The predicted molar refractivity (Wildman–Crippen MR) is 81.1 cm³/mol. The maximum absolute atomic E-state index is 10.0. The highest BCUT2D eigenvalue weighted by Gasteiger charge is 2.21. The standard InChI is InChI=1S/C16H24ClNO2/c1-13-6-8-18(9-7-13)10-16(19)12-20-11-14-2-4-15(17)5-3-14/h2-5,13,16,19H,6-12H2,1H3/p+1. The SMILES string of the molecule is CC1CC[NH+](CC(O)COCc2ccc(Cl)cc2)CC1. The normalized spacial score (nSPS) is 24.6. The molecule has 0 aliphatic carbocycles. The van der Waals surface area contributed by atoms with E-state index in [-0.39, 0.29) is 6.10 Å². The van der Waals surface area contributed by atoms with Crippen LogP contribution >= 0.6 is 11.6 Å². The number of quaternary nitrogens is 1. The van der Waals surface area contributed by atoms with Crippen LogP contribution in [0, 0.1) is 5.92 Å². The number of nitrogens with one attached hydrogen (secondary N) is 1. The van der Waals surface area contributed by atoms with Gasteiger partial charge in [0.05, 0.1) is 26.3 Å². The molecule has 0 amide bonds. The van der Waals surface area contributed by atoms with Crippen LogP contribution in [0.1, 0.15) is 25.3 Å². The molecule has 2 N–H and O–H groups in total. The molecule has 4 heteroatoms. The second-order valence-electron chi connectivity index (χ2n) is 5.93. The van der Waals surface area contributed by atoms with Crippen molar-refractivity contribution >= 4 is 11.6 Å². The molecule has 1 aliphatic rings. The van der Waals surface area contributed by atoms with Gasteiger partial charge in [0, 0.05) is 5.02 Å². The maximum Gasteiger partial charge on any atom is 0.126 e. The molecule has 0 spiro atoms. The molecular weight excluding hydrogens is 274 g/mol. The lowest BCUT2D eigenvalue weighted by molar-refractivity contribution is -0.909. The summed E-state index contributed by atoms with van der Waals surface area (Å²) < 4.78 is 5.58. The van der Waals surface area contributed by atoms with Crippen molar-refractivity contribution in [1.29, 1.82) is 0 Å². The van der Waals surface area contributed by atoms with Gasteiger partial charge in [-0.15, -0.1) is 0 Å². The number of hydrogen-bond acceptors (Lipinski definition) is 2. The van der Waals surface area contributed by atoms with Gasteiger partial charge in [-0.2, -0.15) is 0 Å². The lowest BCUT2D eigenvalue weighted by atomic mass is 9.99. The van der Waals surface area contributed by atoms with E-state index in [2.05, 4.69) is 6.92 Å². The van der Waals surface area contributed by atoms with Crippen molar-refractivity contribution < 1.29 is 14.7 Å². The Morgan fingerprint density at radius 3 is 2.60 bits per heavy atom. The molecule has 1 heterocycles. The number of likely N-dealkylation sites (tertiary alicyclic amines) is 1. The molecule has 0 radical (unpaired) electrons. The van der Waals surface area contributed by atoms with E-state index in [0.29, 0.717) is 13.2 Å². The van der Waals surface area contributed by atoms with Crippen molar-refractivity contribution in [2.24, 2.45) is 5.92 Å². The topological polar surface area (TPSA) is 33.9 Å².